The summed E-state index contributed by atoms with van der Waals surface area (Å²) in [5.74, 6) is 0. The van der Waals surface area contributed by atoms with Gasteiger partial charge >= 0.3 is 12.2 Å². The van der Waals surface area contributed by atoms with Crippen molar-refractivity contribution in [3.05, 3.63) is 0 Å². The molecule has 0 aromatic heterocycles. The lowest BCUT2D eigenvalue weighted by Crippen LogP contribution is -2.22. The first-order valence-electron chi connectivity index (χ1n) is 6.22. The maximum atomic E-state index is 11.3. The van der Waals surface area contributed by atoms with Gasteiger partial charge in [-0.15, -0.1) is 0 Å². The van der Waals surface area contributed by atoms with E-state index < -0.39 is 17.8 Å². The van der Waals surface area contributed by atoms with Crippen LogP contribution >= 0.6 is 0 Å². The Bertz CT molecular complexity index is 327. The van der Waals surface area contributed by atoms with E-state index in [9.17, 15) is 9.59 Å². The highest BCUT2D eigenvalue weighted by Crippen LogP contribution is 2.20. The highest BCUT2D eigenvalue weighted by atomic mass is 16.6. The van der Waals surface area contributed by atoms with Crippen LogP contribution < -0.4 is 0 Å². The number of amides is 2. The molecule has 1 saturated carbocycles. The van der Waals surface area contributed by atoms with Crippen molar-refractivity contribution in [2.45, 2.75) is 64.6 Å². The molecule has 0 heterocycles. The minimum absolute atomic E-state index is 0.0937. The second-order valence-electron chi connectivity index (χ2n) is 5.32. The number of ether oxygens (including phenoxy) is 2. The zero-order chi connectivity index (χ0) is 13.6. The van der Waals surface area contributed by atoms with Crippen molar-refractivity contribution in [1.29, 1.82) is 0 Å². The minimum Gasteiger partial charge on any atom is -0.444 e. The molecule has 0 N–H and O–H groups in total. The standard InChI is InChI=1S/C12H20N2O4/c1-12(2,3)18-11(16)14-13-10(15)17-9-7-5-4-6-8-9/h9H,4-8H2,1-3H3. The van der Waals surface area contributed by atoms with Gasteiger partial charge in [0.2, 0.25) is 0 Å². The van der Waals surface area contributed by atoms with Crippen LogP contribution in [0.25, 0.3) is 0 Å². The number of hydrogen-bond donors (Lipinski definition) is 0. The molecule has 6 heteroatoms. The summed E-state index contributed by atoms with van der Waals surface area (Å²) < 4.78 is 9.94. The predicted molar refractivity (Wildman–Crippen MR) is 64.4 cm³/mol. The Morgan fingerprint density at radius 1 is 1.00 bits per heavy atom. The Morgan fingerprint density at radius 3 is 2.11 bits per heavy atom. The van der Waals surface area contributed by atoms with Gasteiger partial charge in [0.25, 0.3) is 0 Å². The maximum absolute atomic E-state index is 11.3. The second-order valence-corrected chi connectivity index (χ2v) is 5.32. The largest absolute Gasteiger partial charge is 0.453 e. The third-order valence-electron chi connectivity index (χ3n) is 2.43. The smallest absolute Gasteiger partial charge is 0.444 e. The first kappa shape index (κ1) is 14.6. The van der Waals surface area contributed by atoms with E-state index in [0.29, 0.717) is 0 Å². The topological polar surface area (TPSA) is 77.3 Å². The van der Waals surface area contributed by atoms with E-state index in [4.69, 9.17) is 9.47 Å². The lowest BCUT2D eigenvalue weighted by molar-refractivity contribution is 0.0571. The van der Waals surface area contributed by atoms with Crippen molar-refractivity contribution in [2.24, 2.45) is 10.2 Å². The maximum Gasteiger partial charge on any atom is 0.453 e. The van der Waals surface area contributed by atoms with Gasteiger partial charge in [-0.1, -0.05) is 16.6 Å². The van der Waals surface area contributed by atoms with Gasteiger partial charge in [0.1, 0.15) is 11.7 Å². The zero-order valence-electron chi connectivity index (χ0n) is 11.1. The zero-order valence-corrected chi connectivity index (χ0v) is 11.1. The van der Waals surface area contributed by atoms with Gasteiger partial charge in [-0.25, -0.2) is 9.59 Å². The molecule has 1 rings (SSSR count). The van der Waals surface area contributed by atoms with Gasteiger partial charge in [0.05, 0.1) is 0 Å². The molecule has 2 amide bonds. The Balaban J connectivity index is 2.32. The fourth-order valence-electron chi connectivity index (χ4n) is 1.71. The Hall–Kier alpha value is -1.46. The Kier molecular flexibility index (Phi) is 5.25. The minimum atomic E-state index is -0.886. The van der Waals surface area contributed by atoms with Crippen molar-refractivity contribution < 1.29 is 19.1 Å². The van der Waals surface area contributed by atoms with Crippen LogP contribution in [0, 0.1) is 0 Å². The number of rotatable bonds is 1. The molecule has 0 bridgehead atoms. The molecule has 18 heavy (non-hydrogen) atoms. The molecule has 1 fully saturated rings. The van der Waals surface area contributed by atoms with Crippen LogP contribution in [0.4, 0.5) is 9.59 Å². The quantitative estimate of drug-likeness (QED) is 0.668. The van der Waals surface area contributed by atoms with Gasteiger partial charge in [0.15, 0.2) is 0 Å². The molecule has 0 aromatic carbocycles. The van der Waals surface area contributed by atoms with Gasteiger partial charge in [-0.2, -0.15) is 0 Å². The fourth-order valence-corrected chi connectivity index (χ4v) is 1.71. The van der Waals surface area contributed by atoms with E-state index >= 15 is 0 Å². The third kappa shape index (κ3) is 6.32. The van der Waals surface area contributed by atoms with E-state index in [1.165, 1.54) is 6.42 Å². The summed E-state index contributed by atoms with van der Waals surface area (Å²) in [6.45, 7) is 5.13. The molecule has 6 nitrogen and oxygen atoms in total. The summed E-state index contributed by atoms with van der Waals surface area (Å²) in [5.41, 5.74) is -0.649. The first-order chi connectivity index (χ1) is 8.37. The van der Waals surface area contributed by atoms with Gasteiger partial charge in [-0.3, -0.25) is 0 Å². The molecule has 102 valence electrons. The van der Waals surface area contributed by atoms with Crippen molar-refractivity contribution in [3.8, 4) is 0 Å². The molecular weight excluding hydrogens is 236 g/mol. The highest BCUT2D eigenvalue weighted by Gasteiger charge is 2.19. The molecule has 0 aromatic rings. The van der Waals surface area contributed by atoms with Gasteiger partial charge in [-0.05, 0) is 46.5 Å². The van der Waals surface area contributed by atoms with Crippen molar-refractivity contribution in [1.82, 2.24) is 0 Å². The summed E-state index contributed by atoms with van der Waals surface area (Å²) in [6, 6.07) is 0. The second kappa shape index (κ2) is 6.47. The van der Waals surface area contributed by atoms with E-state index in [1.807, 2.05) is 0 Å². The van der Waals surface area contributed by atoms with E-state index in [1.54, 1.807) is 20.8 Å². The Morgan fingerprint density at radius 2 is 1.56 bits per heavy atom. The van der Waals surface area contributed by atoms with Crippen molar-refractivity contribution in [2.75, 3.05) is 0 Å². The van der Waals surface area contributed by atoms with Crippen molar-refractivity contribution in [3.63, 3.8) is 0 Å². The average molecular weight is 256 g/mol. The predicted octanol–water partition coefficient (Wildman–Crippen LogP) is 3.84. The summed E-state index contributed by atoms with van der Waals surface area (Å²) in [7, 11) is 0. The molecule has 0 spiro atoms. The summed E-state index contributed by atoms with van der Waals surface area (Å²) in [4.78, 5) is 22.5. The lowest BCUT2D eigenvalue weighted by Gasteiger charge is -2.20. The molecule has 0 unspecified atom stereocenters. The van der Waals surface area contributed by atoms with E-state index in [2.05, 4.69) is 10.2 Å². The molecule has 1 aliphatic rings. The Labute approximate surface area is 107 Å². The van der Waals surface area contributed by atoms with Crippen LogP contribution in [0.5, 0.6) is 0 Å². The number of hydrogen-bond acceptors (Lipinski definition) is 4. The first-order valence-corrected chi connectivity index (χ1v) is 6.22. The molecule has 0 saturated heterocycles. The number of nitrogens with zero attached hydrogens (tertiary/aromatic N) is 2. The third-order valence-corrected chi connectivity index (χ3v) is 2.43. The fraction of sp³-hybridized carbons (Fsp3) is 0.833. The number of azo groups is 1. The summed E-state index contributed by atoms with van der Waals surface area (Å²) in [5, 5.41) is 6.36. The van der Waals surface area contributed by atoms with Gasteiger partial charge in [0, 0.05) is 0 Å². The van der Waals surface area contributed by atoms with Gasteiger partial charge < -0.3 is 9.47 Å². The number of carbonyl (C=O) groups excluding carboxylic acids is 2. The average Bonchev–Trinajstić information content (AvgIpc) is 2.25. The molecule has 1 aliphatic carbocycles. The SMILES string of the molecule is CC(C)(C)OC(=O)N=NC(=O)OC1CCCCC1. The van der Waals surface area contributed by atoms with E-state index in [0.717, 1.165) is 25.7 Å². The van der Waals surface area contributed by atoms with Crippen LogP contribution in [0.15, 0.2) is 10.2 Å². The van der Waals surface area contributed by atoms with Crippen LogP contribution in [-0.2, 0) is 9.47 Å². The molecule has 0 atom stereocenters. The summed E-state index contributed by atoms with van der Waals surface area (Å²) >= 11 is 0. The monoisotopic (exact) mass is 256 g/mol. The number of carbonyl (C=O) groups is 2. The molecule has 0 radical (unpaired) electrons. The molecular formula is C12H20N2O4. The summed E-state index contributed by atoms with van der Waals surface area (Å²) in [6.07, 6.45) is 3.19. The highest BCUT2D eigenvalue weighted by molar-refractivity contribution is 5.73. The van der Waals surface area contributed by atoms with Crippen LogP contribution in [0.3, 0.4) is 0 Å². The van der Waals surface area contributed by atoms with Crippen LogP contribution in [-0.4, -0.2) is 23.9 Å². The lowest BCUT2D eigenvalue weighted by atomic mass is 9.98. The normalized spacial score (nSPS) is 17.7. The molecule has 0 aliphatic heterocycles. The van der Waals surface area contributed by atoms with Crippen LogP contribution in [0.2, 0.25) is 0 Å². The van der Waals surface area contributed by atoms with Crippen molar-refractivity contribution >= 4 is 12.2 Å². The van der Waals surface area contributed by atoms with E-state index in [-0.39, 0.29) is 6.10 Å². The van der Waals surface area contributed by atoms with Crippen LogP contribution in [0.1, 0.15) is 52.9 Å².